The molecule has 5 aromatic carbocycles. The summed E-state index contributed by atoms with van der Waals surface area (Å²) in [5.74, 6) is 1.50. The van der Waals surface area contributed by atoms with Gasteiger partial charge >= 0.3 is 0 Å². The number of nitrogens with zero attached hydrogens (tertiary/aromatic N) is 3. The van der Waals surface area contributed by atoms with Gasteiger partial charge in [-0.1, -0.05) is 111 Å². The topological polar surface area (TPSA) is 72.8 Å². The van der Waals surface area contributed by atoms with Crippen LogP contribution in [0.4, 0.5) is 0 Å². The Morgan fingerprint density at radius 2 is 1.00 bits per heavy atom. The Kier molecular flexibility index (Phi) is 5.19. The number of hydrogen-bond acceptors (Lipinski definition) is 5. The fourth-order valence-corrected chi connectivity index (χ4v) is 8.05. The van der Waals surface area contributed by atoms with Gasteiger partial charge < -0.3 is 0 Å². The minimum Gasteiger partial charge on any atom is -0.218 e. The lowest BCUT2D eigenvalue weighted by Gasteiger charge is -2.21. The van der Waals surface area contributed by atoms with Crippen molar-refractivity contribution in [3.63, 3.8) is 0 Å². The van der Waals surface area contributed by atoms with Crippen molar-refractivity contribution in [1.29, 1.82) is 0 Å². The molecule has 0 saturated carbocycles. The summed E-state index contributed by atoms with van der Waals surface area (Å²) >= 11 is 0. The molecule has 1 aliphatic heterocycles. The van der Waals surface area contributed by atoms with Crippen LogP contribution in [0.3, 0.4) is 0 Å². The first kappa shape index (κ1) is 24.8. The molecular weight excluding hydrogens is 538 g/mol. The van der Waals surface area contributed by atoms with E-state index in [9.17, 15) is 8.42 Å². The van der Waals surface area contributed by atoms with Crippen LogP contribution in [0.25, 0.3) is 56.4 Å². The molecule has 0 amide bonds. The third-order valence-electron chi connectivity index (χ3n) is 8.51. The molecule has 6 aromatic rings. The maximum Gasteiger partial charge on any atom is 0.207 e. The highest BCUT2D eigenvalue weighted by molar-refractivity contribution is 7.92. The number of sulfone groups is 1. The zero-order chi connectivity index (χ0) is 28.6. The zero-order valence-corrected chi connectivity index (χ0v) is 23.9. The lowest BCUT2D eigenvalue weighted by molar-refractivity contribution is 0.598. The average molecular weight is 564 g/mol. The molecule has 8 rings (SSSR count). The molecule has 0 spiro atoms. The number of aromatic nitrogens is 3. The van der Waals surface area contributed by atoms with E-state index in [1.54, 1.807) is 18.2 Å². The van der Waals surface area contributed by atoms with Gasteiger partial charge in [0.2, 0.25) is 9.84 Å². The van der Waals surface area contributed by atoms with Gasteiger partial charge in [-0.25, -0.2) is 23.4 Å². The van der Waals surface area contributed by atoms with Crippen LogP contribution in [0.1, 0.15) is 25.0 Å². The molecule has 0 atom stereocenters. The average Bonchev–Trinajstić information content (AvgIpc) is 3.40. The maximum atomic E-state index is 13.4. The number of benzene rings is 5. The molecule has 0 unspecified atom stereocenters. The summed E-state index contributed by atoms with van der Waals surface area (Å²) in [5.41, 5.74) is 8.64. The molecule has 0 N–H and O–H groups in total. The van der Waals surface area contributed by atoms with Gasteiger partial charge in [0.1, 0.15) is 0 Å². The molecule has 0 bridgehead atoms. The molecule has 0 radical (unpaired) electrons. The van der Waals surface area contributed by atoms with Crippen molar-refractivity contribution in [2.24, 2.45) is 0 Å². The lowest BCUT2D eigenvalue weighted by atomic mass is 9.82. The second-order valence-electron chi connectivity index (χ2n) is 11.3. The van der Waals surface area contributed by atoms with E-state index in [-0.39, 0.29) is 10.3 Å². The first-order valence-corrected chi connectivity index (χ1v) is 15.4. The molecule has 6 heteroatoms. The Balaban J connectivity index is 1.31. The van der Waals surface area contributed by atoms with Crippen molar-refractivity contribution in [2.45, 2.75) is 29.1 Å². The summed E-state index contributed by atoms with van der Waals surface area (Å²) in [7, 11) is -3.64. The van der Waals surface area contributed by atoms with Crippen molar-refractivity contribution in [3.8, 4) is 56.4 Å². The van der Waals surface area contributed by atoms with E-state index in [2.05, 4.69) is 56.3 Å². The van der Waals surface area contributed by atoms with Crippen LogP contribution < -0.4 is 0 Å². The van der Waals surface area contributed by atoms with Gasteiger partial charge in [-0.3, -0.25) is 0 Å². The Hall–Kier alpha value is -4.94. The maximum absolute atomic E-state index is 13.4. The van der Waals surface area contributed by atoms with Gasteiger partial charge in [-0.15, -0.1) is 0 Å². The third-order valence-corrected chi connectivity index (χ3v) is 10.4. The molecule has 1 aliphatic carbocycles. The molecule has 1 aromatic heterocycles. The molecule has 0 fully saturated rings. The highest BCUT2D eigenvalue weighted by Gasteiger charge is 2.36. The Labute approximate surface area is 244 Å². The predicted molar refractivity (Wildman–Crippen MR) is 165 cm³/mol. The van der Waals surface area contributed by atoms with Crippen LogP contribution in [0, 0.1) is 0 Å². The van der Waals surface area contributed by atoms with Crippen molar-refractivity contribution >= 4 is 9.84 Å². The summed E-state index contributed by atoms with van der Waals surface area (Å²) in [6, 6.07) is 37.3. The predicted octanol–water partition coefficient (Wildman–Crippen LogP) is 7.99. The van der Waals surface area contributed by atoms with Gasteiger partial charge in [0.15, 0.2) is 17.5 Å². The largest absolute Gasteiger partial charge is 0.218 e. The summed E-state index contributed by atoms with van der Waals surface area (Å²) in [5, 5.41) is 0. The fraction of sp³-hybridized carbons (Fsp3) is 0.0833. The van der Waals surface area contributed by atoms with Gasteiger partial charge in [0.25, 0.3) is 0 Å². The standard InChI is InChI=1S/C36H25N3O2S/c1-36(2)29-14-8-6-12-25(29)26-18-16-23(20-30(26)36)34-37-33(22-10-4-3-5-11-22)38-35(39-34)24-17-19-28-27-13-7-9-15-31(27)42(40,41)32(28)21-24/h3-21H,1-2H3. The van der Waals surface area contributed by atoms with E-state index in [1.165, 1.54) is 22.3 Å². The monoisotopic (exact) mass is 563 g/mol. The molecule has 42 heavy (non-hydrogen) atoms. The molecule has 5 nitrogen and oxygen atoms in total. The summed E-state index contributed by atoms with van der Waals surface area (Å²) in [6.45, 7) is 4.50. The Bertz CT molecular complexity index is 2190. The Morgan fingerprint density at radius 3 is 1.74 bits per heavy atom. The molecule has 202 valence electrons. The number of hydrogen-bond donors (Lipinski definition) is 0. The second-order valence-corrected chi connectivity index (χ2v) is 13.2. The first-order chi connectivity index (χ1) is 20.3. The van der Waals surface area contributed by atoms with Crippen LogP contribution in [0.5, 0.6) is 0 Å². The highest BCUT2D eigenvalue weighted by Crippen LogP contribution is 2.49. The van der Waals surface area contributed by atoms with E-state index in [0.717, 1.165) is 16.7 Å². The van der Waals surface area contributed by atoms with E-state index < -0.39 is 9.84 Å². The summed E-state index contributed by atoms with van der Waals surface area (Å²) < 4.78 is 26.9. The normalized spacial score (nSPS) is 15.0. The Morgan fingerprint density at radius 1 is 0.476 bits per heavy atom. The number of fused-ring (bicyclic) bond motifs is 6. The van der Waals surface area contributed by atoms with Crippen LogP contribution >= 0.6 is 0 Å². The van der Waals surface area contributed by atoms with Crippen LogP contribution in [0.15, 0.2) is 125 Å². The molecule has 0 saturated heterocycles. The zero-order valence-electron chi connectivity index (χ0n) is 23.0. The highest BCUT2D eigenvalue weighted by atomic mass is 32.2. The molecule has 2 aliphatic rings. The summed E-state index contributed by atoms with van der Waals surface area (Å²) in [6.07, 6.45) is 0. The molecule has 2 heterocycles. The van der Waals surface area contributed by atoms with E-state index in [4.69, 9.17) is 15.0 Å². The van der Waals surface area contributed by atoms with Gasteiger partial charge in [-0.2, -0.15) is 0 Å². The third kappa shape index (κ3) is 3.55. The second kappa shape index (κ2) is 8.78. The quantitative estimate of drug-likeness (QED) is 0.218. The van der Waals surface area contributed by atoms with Crippen LogP contribution in [-0.2, 0) is 15.3 Å². The minimum atomic E-state index is -3.64. The van der Waals surface area contributed by atoms with Gasteiger partial charge in [0, 0.05) is 33.2 Å². The van der Waals surface area contributed by atoms with Gasteiger partial charge in [-0.05, 0) is 40.5 Å². The van der Waals surface area contributed by atoms with Crippen LogP contribution in [0.2, 0.25) is 0 Å². The van der Waals surface area contributed by atoms with E-state index >= 15 is 0 Å². The smallest absolute Gasteiger partial charge is 0.207 e. The number of rotatable bonds is 3. The van der Waals surface area contributed by atoms with Crippen molar-refractivity contribution in [1.82, 2.24) is 15.0 Å². The SMILES string of the molecule is CC1(C)c2ccccc2-c2ccc(-c3nc(-c4ccccc4)nc(-c4ccc5c(c4)S(=O)(=O)c4ccccc4-5)n3)cc21. The fourth-order valence-electron chi connectivity index (χ4n) is 6.34. The van der Waals surface area contributed by atoms with E-state index in [1.807, 2.05) is 54.6 Å². The molecular formula is C36H25N3O2S. The van der Waals surface area contributed by atoms with Crippen molar-refractivity contribution < 1.29 is 8.42 Å². The first-order valence-electron chi connectivity index (χ1n) is 13.9. The van der Waals surface area contributed by atoms with Crippen molar-refractivity contribution in [2.75, 3.05) is 0 Å². The van der Waals surface area contributed by atoms with Gasteiger partial charge in [0.05, 0.1) is 9.79 Å². The van der Waals surface area contributed by atoms with Crippen LogP contribution in [-0.4, -0.2) is 23.4 Å². The van der Waals surface area contributed by atoms with E-state index in [0.29, 0.717) is 33.5 Å². The van der Waals surface area contributed by atoms with Crippen molar-refractivity contribution in [3.05, 3.63) is 126 Å². The minimum absolute atomic E-state index is 0.163. The summed E-state index contributed by atoms with van der Waals surface area (Å²) in [4.78, 5) is 15.3. The lowest BCUT2D eigenvalue weighted by Crippen LogP contribution is -2.15.